The molecule has 1 aliphatic heterocycles. The van der Waals surface area contributed by atoms with Gasteiger partial charge in [-0.1, -0.05) is 24.3 Å². The molecule has 0 fully saturated rings. The lowest BCUT2D eigenvalue weighted by molar-refractivity contribution is -0.195. The number of hydrogen-bond acceptors (Lipinski definition) is 3. The van der Waals surface area contributed by atoms with Gasteiger partial charge >= 0.3 is 12.2 Å². The van der Waals surface area contributed by atoms with Crippen molar-refractivity contribution in [2.24, 2.45) is 0 Å². The van der Waals surface area contributed by atoms with E-state index in [-0.39, 0.29) is 16.8 Å². The maximum absolute atomic E-state index is 14.4. The largest absolute Gasteiger partial charge is 0.417 e. The first kappa shape index (κ1) is 19.5. The number of alkyl halides is 3. The number of amides is 3. The Hall–Kier alpha value is -3.82. The van der Waals surface area contributed by atoms with E-state index in [0.717, 1.165) is 0 Å². The Bertz CT molecular complexity index is 1080. The molecule has 1 aromatic heterocycles. The van der Waals surface area contributed by atoms with Crippen molar-refractivity contribution in [1.82, 2.24) is 20.8 Å². The molecule has 0 radical (unpaired) electrons. The Kier molecular flexibility index (Phi) is 4.69. The van der Waals surface area contributed by atoms with Crippen LogP contribution in [0.15, 0.2) is 60.9 Å². The predicted octanol–water partition coefficient (Wildman–Crippen LogP) is 3.40. The number of H-pyrrole nitrogens is 1. The maximum atomic E-state index is 14.4. The highest BCUT2D eigenvalue weighted by Crippen LogP contribution is 2.45. The Morgan fingerprint density at radius 1 is 1.10 bits per heavy atom. The molecule has 4 N–H and O–H groups in total. The molecule has 1 aliphatic rings. The average molecular weight is 415 g/mol. The van der Waals surface area contributed by atoms with Gasteiger partial charge in [-0.3, -0.25) is 9.89 Å². The van der Waals surface area contributed by atoms with Gasteiger partial charge in [0.2, 0.25) is 0 Å². The van der Waals surface area contributed by atoms with Gasteiger partial charge < -0.3 is 16.0 Å². The number of hydrogen-bond donors (Lipinski definition) is 4. The van der Waals surface area contributed by atoms with Crippen molar-refractivity contribution in [3.05, 3.63) is 72.1 Å². The fraction of sp³-hybridized carbons (Fsp3) is 0.150. The molecule has 0 aliphatic carbocycles. The maximum Gasteiger partial charge on any atom is 0.417 e. The fourth-order valence-electron chi connectivity index (χ4n) is 3.38. The molecular weight excluding hydrogens is 399 g/mol. The third kappa shape index (κ3) is 3.36. The number of nitrogens with one attached hydrogen (secondary N) is 4. The Morgan fingerprint density at radius 3 is 2.53 bits per heavy atom. The summed E-state index contributed by atoms with van der Waals surface area (Å²) >= 11 is 0. The molecule has 7 nitrogen and oxygen atoms in total. The van der Waals surface area contributed by atoms with Crippen LogP contribution in [-0.4, -0.2) is 34.9 Å². The monoisotopic (exact) mass is 415 g/mol. The molecule has 0 saturated heterocycles. The molecule has 3 aromatic rings. The first-order chi connectivity index (χ1) is 14.3. The van der Waals surface area contributed by atoms with Crippen LogP contribution in [-0.2, 0) is 5.54 Å². The molecule has 10 heteroatoms. The summed E-state index contributed by atoms with van der Waals surface area (Å²) in [6, 6.07) is 11.2. The van der Waals surface area contributed by atoms with E-state index < -0.39 is 30.2 Å². The van der Waals surface area contributed by atoms with E-state index in [4.69, 9.17) is 0 Å². The Balaban J connectivity index is 1.76. The molecule has 30 heavy (non-hydrogen) atoms. The number of carbonyl (C=O) groups excluding carboxylic acids is 2. The second-order valence-corrected chi connectivity index (χ2v) is 6.78. The standard InChI is InChI=1S/C20H16F3N5O2/c21-20(22,23)19(11-24-17(29)12-4-2-1-3-5-12)15-8-13(14-9-25-26-10-14)6-7-16(15)27-18(30)28-19/h1-10H,11H2,(H,24,29)(H,25,26)(H2,27,28,30). The van der Waals surface area contributed by atoms with Gasteiger partial charge in [0.1, 0.15) is 0 Å². The lowest BCUT2D eigenvalue weighted by atomic mass is 9.84. The molecule has 154 valence electrons. The lowest BCUT2D eigenvalue weighted by Crippen LogP contribution is -2.64. The number of urea groups is 1. The highest BCUT2D eigenvalue weighted by Gasteiger charge is 2.59. The van der Waals surface area contributed by atoms with Gasteiger partial charge in [0, 0.05) is 28.6 Å². The van der Waals surface area contributed by atoms with Crippen LogP contribution in [0.2, 0.25) is 0 Å². The average Bonchev–Trinajstić information content (AvgIpc) is 3.26. The van der Waals surface area contributed by atoms with Crippen LogP contribution in [0.5, 0.6) is 0 Å². The Morgan fingerprint density at radius 2 is 1.87 bits per heavy atom. The molecule has 0 saturated carbocycles. The van der Waals surface area contributed by atoms with Gasteiger partial charge in [0.15, 0.2) is 5.54 Å². The topological polar surface area (TPSA) is 98.9 Å². The minimum absolute atomic E-state index is 0.0114. The summed E-state index contributed by atoms with van der Waals surface area (Å²) < 4.78 is 43.1. The van der Waals surface area contributed by atoms with E-state index in [1.54, 1.807) is 30.5 Å². The zero-order valence-electron chi connectivity index (χ0n) is 15.4. The van der Waals surface area contributed by atoms with E-state index in [9.17, 15) is 22.8 Å². The summed E-state index contributed by atoms with van der Waals surface area (Å²) in [7, 11) is 0. The molecule has 2 heterocycles. The first-order valence-electron chi connectivity index (χ1n) is 8.93. The number of carbonyl (C=O) groups is 2. The number of anilines is 1. The molecule has 0 spiro atoms. The number of halogens is 3. The third-order valence-electron chi connectivity index (χ3n) is 4.92. The van der Waals surface area contributed by atoms with Gasteiger partial charge in [-0.05, 0) is 29.8 Å². The highest BCUT2D eigenvalue weighted by molar-refractivity contribution is 5.96. The van der Waals surface area contributed by atoms with Crippen molar-refractivity contribution >= 4 is 17.6 Å². The quantitative estimate of drug-likeness (QED) is 0.526. The minimum Gasteiger partial charge on any atom is -0.349 e. The minimum atomic E-state index is -4.89. The van der Waals surface area contributed by atoms with E-state index >= 15 is 0 Å². The number of aromatic nitrogens is 2. The first-order valence-corrected chi connectivity index (χ1v) is 8.93. The van der Waals surface area contributed by atoms with Gasteiger partial charge in [0.05, 0.1) is 12.7 Å². The van der Waals surface area contributed by atoms with E-state index in [2.05, 4.69) is 20.8 Å². The zero-order valence-corrected chi connectivity index (χ0v) is 15.4. The van der Waals surface area contributed by atoms with E-state index in [1.807, 2.05) is 5.32 Å². The highest BCUT2D eigenvalue weighted by atomic mass is 19.4. The number of benzene rings is 2. The third-order valence-corrected chi connectivity index (χ3v) is 4.92. The number of rotatable bonds is 4. The Labute approximate surface area is 168 Å². The fourth-order valence-corrected chi connectivity index (χ4v) is 3.38. The summed E-state index contributed by atoms with van der Waals surface area (Å²) in [4.78, 5) is 24.5. The van der Waals surface area contributed by atoms with Crippen molar-refractivity contribution < 1.29 is 22.8 Å². The summed E-state index contributed by atoms with van der Waals surface area (Å²) in [5.41, 5.74) is -1.74. The van der Waals surface area contributed by atoms with Crippen LogP contribution in [0.1, 0.15) is 15.9 Å². The van der Waals surface area contributed by atoms with Crippen LogP contribution in [0.25, 0.3) is 11.1 Å². The van der Waals surface area contributed by atoms with Crippen molar-refractivity contribution in [2.75, 3.05) is 11.9 Å². The normalized spacial score (nSPS) is 18.2. The number of fused-ring (bicyclic) bond motifs is 1. The summed E-state index contributed by atoms with van der Waals surface area (Å²) in [6.45, 7) is -0.876. The molecule has 1 atom stereocenters. The SMILES string of the molecule is O=C1Nc2ccc(-c3cn[nH]c3)cc2C(CNC(=O)c2ccccc2)(C(F)(F)F)N1. The molecular formula is C20H16F3N5O2. The summed E-state index contributed by atoms with van der Waals surface area (Å²) in [5, 5.41) is 13.1. The number of nitrogens with zero attached hydrogens (tertiary/aromatic N) is 1. The van der Waals surface area contributed by atoms with Gasteiger partial charge in [-0.2, -0.15) is 18.3 Å². The van der Waals surface area contributed by atoms with Gasteiger partial charge in [-0.25, -0.2) is 4.79 Å². The van der Waals surface area contributed by atoms with Crippen LogP contribution in [0, 0.1) is 0 Å². The predicted molar refractivity (Wildman–Crippen MR) is 103 cm³/mol. The molecule has 3 amide bonds. The molecule has 4 rings (SSSR count). The van der Waals surface area contributed by atoms with Crippen LogP contribution in [0.3, 0.4) is 0 Å². The summed E-state index contributed by atoms with van der Waals surface area (Å²) in [6.07, 6.45) is -1.87. The zero-order chi connectivity index (χ0) is 21.4. The molecule has 0 bridgehead atoms. The van der Waals surface area contributed by atoms with E-state index in [1.165, 1.54) is 30.5 Å². The van der Waals surface area contributed by atoms with Gasteiger partial charge in [0.25, 0.3) is 5.91 Å². The van der Waals surface area contributed by atoms with Crippen LogP contribution < -0.4 is 16.0 Å². The smallest absolute Gasteiger partial charge is 0.349 e. The number of aromatic amines is 1. The van der Waals surface area contributed by atoms with E-state index in [0.29, 0.717) is 11.1 Å². The van der Waals surface area contributed by atoms with Crippen LogP contribution in [0.4, 0.5) is 23.7 Å². The van der Waals surface area contributed by atoms with Crippen molar-refractivity contribution in [3.63, 3.8) is 0 Å². The van der Waals surface area contributed by atoms with Crippen molar-refractivity contribution in [3.8, 4) is 11.1 Å². The lowest BCUT2D eigenvalue weighted by Gasteiger charge is -2.41. The summed E-state index contributed by atoms with van der Waals surface area (Å²) in [5.74, 6) is -0.681. The van der Waals surface area contributed by atoms with Crippen molar-refractivity contribution in [2.45, 2.75) is 11.7 Å². The van der Waals surface area contributed by atoms with Crippen LogP contribution >= 0.6 is 0 Å². The molecule has 1 unspecified atom stereocenters. The van der Waals surface area contributed by atoms with Crippen molar-refractivity contribution in [1.29, 1.82) is 0 Å². The molecule has 2 aromatic carbocycles. The van der Waals surface area contributed by atoms with Gasteiger partial charge in [-0.15, -0.1) is 0 Å². The second kappa shape index (κ2) is 7.21. The second-order valence-electron chi connectivity index (χ2n) is 6.78.